The number of rotatable bonds is 5. The Kier molecular flexibility index (Phi) is 6.30. The predicted molar refractivity (Wildman–Crippen MR) is 95.5 cm³/mol. The van der Waals surface area contributed by atoms with Crippen LogP contribution in [0.1, 0.15) is 25.3 Å². The van der Waals surface area contributed by atoms with Crippen LogP contribution >= 0.6 is 46.0 Å². The molecule has 1 atom stereocenters. The molecule has 0 fully saturated rings. The fourth-order valence-corrected chi connectivity index (χ4v) is 4.03. The van der Waals surface area contributed by atoms with Crippen molar-refractivity contribution in [3.63, 3.8) is 0 Å². The highest BCUT2D eigenvalue weighted by Crippen LogP contribution is 2.34. The Bertz CT molecular complexity index is 494. The summed E-state index contributed by atoms with van der Waals surface area (Å²) in [5, 5.41) is 0.897. The van der Waals surface area contributed by atoms with Crippen molar-refractivity contribution >= 4 is 46.0 Å². The molecule has 1 unspecified atom stereocenters. The lowest BCUT2D eigenvalue weighted by Gasteiger charge is -2.14. The van der Waals surface area contributed by atoms with Crippen LogP contribution in [-0.4, -0.2) is 4.43 Å². The summed E-state index contributed by atoms with van der Waals surface area (Å²) in [7, 11) is 0. The van der Waals surface area contributed by atoms with E-state index in [1.165, 1.54) is 28.2 Å². The molecular weight excluding hydrogens is 387 g/mol. The van der Waals surface area contributed by atoms with E-state index in [9.17, 15) is 0 Å². The monoisotopic (exact) mass is 404 g/mol. The van der Waals surface area contributed by atoms with Gasteiger partial charge in [-0.3, -0.25) is 0 Å². The Morgan fingerprint density at radius 1 is 1.42 bits per heavy atom. The van der Waals surface area contributed by atoms with Crippen LogP contribution in [0, 0.1) is 5.92 Å². The van der Waals surface area contributed by atoms with Crippen LogP contribution in [0.4, 0.5) is 0 Å². The van der Waals surface area contributed by atoms with Gasteiger partial charge in [-0.25, -0.2) is 0 Å². The maximum Gasteiger partial charge on any atom is 0.0449 e. The topological polar surface area (TPSA) is 0 Å². The van der Waals surface area contributed by atoms with E-state index in [-0.39, 0.29) is 0 Å². The third-order valence-corrected chi connectivity index (χ3v) is 5.16. The molecule has 0 aromatic heterocycles. The Labute approximate surface area is 138 Å². The number of hydrogen-bond donors (Lipinski definition) is 0. The molecule has 1 aromatic rings. The number of thioether (sulfide) groups is 1. The average Bonchev–Trinajstić information content (AvgIpc) is 2.42. The van der Waals surface area contributed by atoms with Crippen LogP contribution in [0.2, 0.25) is 5.02 Å². The first kappa shape index (κ1) is 15.5. The molecule has 1 aromatic carbocycles. The van der Waals surface area contributed by atoms with Crippen molar-refractivity contribution < 1.29 is 0 Å². The van der Waals surface area contributed by atoms with Crippen molar-refractivity contribution in [2.45, 2.75) is 31.1 Å². The first-order valence-electron chi connectivity index (χ1n) is 6.63. The van der Waals surface area contributed by atoms with Gasteiger partial charge >= 0.3 is 0 Å². The zero-order chi connectivity index (χ0) is 13.7. The molecule has 1 aliphatic rings. The fraction of sp³-hybridized carbons (Fsp3) is 0.375. The maximum absolute atomic E-state index is 6.33. The van der Waals surface area contributed by atoms with Gasteiger partial charge in [-0.1, -0.05) is 77.2 Å². The molecule has 0 nitrogen and oxygen atoms in total. The number of benzene rings is 1. The van der Waals surface area contributed by atoms with Crippen molar-refractivity contribution in [1.82, 2.24) is 0 Å². The van der Waals surface area contributed by atoms with Crippen molar-refractivity contribution in [3.05, 3.63) is 51.9 Å². The Morgan fingerprint density at radius 2 is 2.26 bits per heavy atom. The summed E-state index contributed by atoms with van der Waals surface area (Å²) in [5.41, 5.74) is 1.25. The van der Waals surface area contributed by atoms with Gasteiger partial charge in [0.2, 0.25) is 0 Å². The Balaban J connectivity index is 2.09. The van der Waals surface area contributed by atoms with E-state index in [2.05, 4.69) is 65.9 Å². The van der Waals surface area contributed by atoms with Crippen LogP contribution in [0.3, 0.4) is 0 Å². The molecule has 0 aliphatic heterocycles. The summed E-state index contributed by atoms with van der Waals surface area (Å²) in [5.74, 6) is 0.696. The zero-order valence-corrected chi connectivity index (χ0v) is 14.8. The molecule has 0 heterocycles. The SMILES string of the molecule is CCC1C=C(Sc2ccc(CCI)c(Cl)c2)C=CC1. The molecule has 0 N–H and O–H groups in total. The van der Waals surface area contributed by atoms with Gasteiger partial charge in [0.25, 0.3) is 0 Å². The second kappa shape index (κ2) is 7.75. The van der Waals surface area contributed by atoms with Gasteiger partial charge in [0.15, 0.2) is 0 Å². The molecule has 102 valence electrons. The molecule has 0 saturated heterocycles. The maximum atomic E-state index is 6.33. The minimum atomic E-state index is 0.696. The highest BCUT2D eigenvalue weighted by Gasteiger charge is 2.09. The molecule has 0 saturated carbocycles. The smallest absolute Gasteiger partial charge is 0.0449 e. The van der Waals surface area contributed by atoms with E-state index >= 15 is 0 Å². The van der Waals surface area contributed by atoms with E-state index in [4.69, 9.17) is 11.6 Å². The second-order valence-corrected chi connectivity index (χ2v) is 7.30. The first-order valence-corrected chi connectivity index (χ1v) is 9.35. The van der Waals surface area contributed by atoms with Crippen molar-refractivity contribution in [3.8, 4) is 0 Å². The van der Waals surface area contributed by atoms with Gasteiger partial charge in [-0.15, -0.1) is 0 Å². The summed E-state index contributed by atoms with van der Waals surface area (Å²) < 4.78 is 1.11. The van der Waals surface area contributed by atoms with Crippen molar-refractivity contribution in [2.24, 2.45) is 5.92 Å². The molecule has 0 bridgehead atoms. The second-order valence-electron chi connectivity index (χ2n) is 4.67. The summed E-state index contributed by atoms with van der Waals surface area (Å²) in [6.07, 6.45) is 10.3. The lowest BCUT2D eigenvalue weighted by atomic mass is 9.98. The Hall–Kier alpha value is 0.0700. The molecule has 3 heteroatoms. The number of alkyl halides is 1. The fourth-order valence-electron chi connectivity index (χ4n) is 2.10. The molecule has 1 aliphatic carbocycles. The summed E-state index contributed by atoms with van der Waals surface area (Å²) in [6, 6.07) is 6.44. The molecular formula is C16H18ClIS. The molecule has 0 radical (unpaired) electrons. The van der Waals surface area contributed by atoms with Gasteiger partial charge < -0.3 is 0 Å². The molecule has 2 rings (SSSR count). The minimum Gasteiger partial charge on any atom is -0.0904 e. The van der Waals surface area contributed by atoms with Gasteiger partial charge in [0, 0.05) is 19.3 Å². The van der Waals surface area contributed by atoms with Crippen LogP contribution < -0.4 is 0 Å². The van der Waals surface area contributed by atoms with Gasteiger partial charge in [0.05, 0.1) is 0 Å². The van der Waals surface area contributed by atoms with Crippen LogP contribution in [0.15, 0.2) is 46.2 Å². The summed E-state index contributed by atoms with van der Waals surface area (Å²) in [4.78, 5) is 2.57. The summed E-state index contributed by atoms with van der Waals surface area (Å²) >= 11 is 10.5. The molecule has 0 spiro atoms. The normalized spacial score (nSPS) is 18.5. The highest BCUT2D eigenvalue weighted by atomic mass is 127. The van der Waals surface area contributed by atoms with Crippen LogP contribution in [0.5, 0.6) is 0 Å². The highest BCUT2D eigenvalue weighted by molar-refractivity contribution is 14.1. The third kappa shape index (κ3) is 4.54. The predicted octanol–water partition coefficient (Wildman–Crippen LogP) is 6.28. The third-order valence-electron chi connectivity index (χ3n) is 3.27. The van der Waals surface area contributed by atoms with Crippen LogP contribution in [-0.2, 0) is 6.42 Å². The number of halogens is 2. The van der Waals surface area contributed by atoms with E-state index in [1.54, 1.807) is 0 Å². The minimum absolute atomic E-state index is 0.696. The molecule has 19 heavy (non-hydrogen) atoms. The quantitative estimate of drug-likeness (QED) is 0.411. The Morgan fingerprint density at radius 3 is 2.95 bits per heavy atom. The van der Waals surface area contributed by atoms with E-state index < -0.39 is 0 Å². The standard InChI is InChI=1S/C16H18ClIS/c1-2-12-4-3-5-14(10-12)19-15-7-6-13(8-9-18)16(17)11-15/h3,5-7,10-12H,2,4,8-9H2,1H3. The van der Waals surface area contributed by atoms with Gasteiger partial charge in [-0.05, 0) is 42.9 Å². The van der Waals surface area contributed by atoms with E-state index in [1.807, 2.05) is 11.8 Å². The van der Waals surface area contributed by atoms with E-state index in [0.29, 0.717) is 5.92 Å². The zero-order valence-electron chi connectivity index (χ0n) is 11.0. The lowest BCUT2D eigenvalue weighted by molar-refractivity contribution is 0.632. The average molecular weight is 405 g/mol. The first-order chi connectivity index (χ1) is 9.22. The van der Waals surface area contributed by atoms with Crippen molar-refractivity contribution in [1.29, 1.82) is 0 Å². The van der Waals surface area contributed by atoms with Gasteiger partial charge in [-0.2, -0.15) is 0 Å². The van der Waals surface area contributed by atoms with Gasteiger partial charge in [0.1, 0.15) is 0 Å². The van der Waals surface area contributed by atoms with Crippen LogP contribution in [0.25, 0.3) is 0 Å². The number of aryl methyl sites for hydroxylation is 1. The lowest BCUT2D eigenvalue weighted by Crippen LogP contribution is -1.97. The number of hydrogen-bond acceptors (Lipinski definition) is 1. The largest absolute Gasteiger partial charge is 0.0904 e. The molecule has 0 amide bonds. The number of allylic oxidation sites excluding steroid dienone is 3. The van der Waals surface area contributed by atoms with Crippen molar-refractivity contribution in [2.75, 3.05) is 4.43 Å². The van der Waals surface area contributed by atoms with E-state index in [0.717, 1.165) is 15.9 Å². The summed E-state index contributed by atoms with van der Waals surface area (Å²) in [6.45, 7) is 2.25.